The minimum atomic E-state index is 0.238. The molecule has 0 bridgehead atoms. The highest BCUT2D eigenvalue weighted by Crippen LogP contribution is 2.22. The quantitative estimate of drug-likeness (QED) is 0.676. The standard InChI is InChI=1S/C9H6N4O2S/c1-5-10-8(14-12-5)9-11-7(13-15-9)6-2-3-16-4-6/h2-4H,1H3. The third-order valence-corrected chi connectivity index (χ3v) is 2.60. The van der Waals surface area contributed by atoms with Gasteiger partial charge in [0.25, 0.3) is 0 Å². The molecule has 3 heterocycles. The van der Waals surface area contributed by atoms with Gasteiger partial charge < -0.3 is 9.05 Å². The molecule has 7 heteroatoms. The van der Waals surface area contributed by atoms with Gasteiger partial charge in [0, 0.05) is 10.9 Å². The van der Waals surface area contributed by atoms with Crippen LogP contribution in [0.1, 0.15) is 5.82 Å². The van der Waals surface area contributed by atoms with E-state index in [0.29, 0.717) is 11.6 Å². The van der Waals surface area contributed by atoms with Crippen LogP contribution in [0.5, 0.6) is 0 Å². The third-order valence-electron chi connectivity index (χ3n) is 1.92. The average molecular weight is 234 g/mol. The van der Waals surface area contributed by atoms with Crippen LogP contribution in [0.15, 0.2) is 25.9 Å². The van der Waals surface area contributed by atoms with Crippen molar-refractivity contribution in [2.75, 3.05) is 0 Å². The molecule has 6 nitrogen and oxygen atoms in total. The highest BCUT2D eigenvalue weighted by atomic mass is 32.1. The lowest BCUT2D eigenvalue weighted by atomic mass is 10.3. The summed E-state index contributed by atoms with van der Waals surface area (Å²) in [5.74, 6) is 1.53. The Morgan fingerprint density at radius 1 is 1.12 bits per heavy atom. The van der Waals surface area contributed by atoms with Crippen molar-refractivity contribution in [2.45, 2.75) is 6.92 Å². The molecule has 0 aliphatic carbocycles. The van der Waals surface area contributed by atoms with Gasteiger partial charge in [0.15, 0.2) is 5.82 Å². The second-order valence-electron chi connectivity index (χ2n) is 3.08. The van der Waals surface area contributed by atoms with E-state index in [1.54, 1.807) is 18.3 Å². The van der Waals surface area contributed by atoms with E-state index in [1.165, 1.54) is 0 Å². The van der Waals surface area contributed by atoms with Crippen LogP contribution in [0.25, 0.3) is 23.2 Å². The van der Waals surface area contributed by atoms with Crippen molar-refractivity contribution < 1.29 is 9.05 Å². The fourth-order valence-electron chi connectivity index (χ4n) is 1.20. The second-order valence-corrected chi connectivity index (χ2v) is 3.86. The average Bonchev–Trinajstić information content (AvgIpc) is 2.97. The molecule has 0 fully saturated rings. The molecule has 0 atom stereocenters. The van der Waals surface area contributed by atoms with E-state index in [2.05, 4.69) is 20.3 Å². The third kappa shape index (κ3) is 1.50. The monoisotopic (exact) mass is 234 g/mol. The molecule has 3 aromatic heterocycles. The molecule has 0 saturated carbocycles. The van der Waals surface area contributed by atoms with Gasteiger partial charge in [-0.1, -0.05) is 10.3 Å². The molecular weight excluding hydrogens is 228 g/mol. The summed E-state index contributed by atoms with van der Waals surface area (Å²) in [4.78, 5) is 8.17. The van der Waals surface area contributed by atoms with Gasteiger partial charge in [0.1, 0.15) is 0 Å². The van der Waals surface area contributed by atoms with Crippen LogP contribution in [0.3, 0.4) is 0 Å². The molecule has 0 saturated heterocycles. The summed E-state index contributed by atoms with van der Waals surface area (Å²) in [6.07, 6.45) is 0. The lowest BCUT2D eigenvalue weighted by molar-refractivity contribution is 0.381. The smallest absolute Gasteiger partial charge is 0.316 e. The summed E-state index contributed by atoms with van der Waals surface area (Å²) in [5, 5.41) is 11.4. The Labute approximate surface area is 93.9 Å². The van der Waals surface area contributed by atoms with Crippen LogP contribution in [0.4, 0.5) is 0 Å². The highest BCUT2D eigenvalue weighted by molar-refractivity contribution is 7.08. The Morgan fingerprint density at radius 3 is 2.62 bits per heavy atom. The zero-order chi connectivity index (χ0) is 11.0. The number of hydrogen-bond acceptors (Lipinski definition) is 7. The molecule has 3 rings (SSSR count). The fraction of sp³-hybridized carbons (Fsp3) is 0.111. The summed E-state index contributed by atoms with van der Waals surface area (Å²) in [5.41, 5.74) is 0.913. The maximum Gasteiger partial charge on any atom is 0.316 e. The molecule has 0 spiro atoms. The lowest BCUT2D eigenvalue weighted by Gasteiger charge is -1.81. The van der Waals surface area contributed by atoms with Crippen molar-refractivity contribution in [1.29, 1.82) is 0 Å². The van der Waals surface area contributed by atoms with Gasteiger partial charge in [0.05, 0.1) is 0 Å². The maximum absolute atomic E-state index is 5.04. The summed E-state index contributed by atoms with van der Waals surface area (Å²) < 4.78 is 9.96. The first-order chi connectivity index (χ1) is 7.83. The van der Waals surface area contributed by atoms with Crippen LogP contribution in [0, 0.1) is 6.92 Å². The Bertz CT molecular complexity index is 599. The first-order valence-corrected chi connectivity index (χ1v) is 5.44. The first-order valence-electron chi connectivity index (χ1n) is 4.50. The summed E-state index contributed by atoms with van der Waals surface area (Å²) in [6.45, 7) is 1.73. The van der Waals surface area contributed by atoms with Crippen LogP contribution in [-0.4, -0.2) is 20.3 Å². The lowest BCUT2D eigenvalue weighted by Crippen LogP contribution is -1.79. The predicted octanol–water partition coefficient (Wildman–Crippen LogP) is 2.16. The van der Waals surface area contributed by atoms with Crippen molar-refractivity contribution in [3.05, 3.63) is 22.7 Å². The maximum atomic E-state index is 5.04. The number of aryl methyl sites for hydroxylation is 1. The largest absolute Gasteiger partial charge is 0.329 e. The van der Waals surface area contributed by atoms with Crippen LogP contribution in [0.2, 0.25) is 0 Å². The molecular formula is C9H6N4O2S. The molecule has 0 amide bonds. The Kier molecular flexibility index (Phi) is 2.03. The summed E-state index contributed by atoms with van der Waals surface area (Å²) >= 11 is 1.57. The van der Waals surface area contributed by atoms with E-state index in [1.807, 2.05) is 16.8 Å². The Morgan fingerprint density at radius 2 is 1.94 bits per heavy atom. The fourth-order valence-corrected chi connectivity index (χ4v) is 1.84. The molecule has 0 N–H and O–H groups in total. The summed E-state index contributed by atoms with van der Waals surface area (Å²) in [7, 11) is 0. The van der Waals surface area contributed by atoms with Crippen LogP contribution in [-0.2, 0) is 0 Å². The number of hydrogen-bond donors (Lipinski definition) is 0. The van der Waals surface area contributed by atoms with Gasteiger partial charge in [0.2, 0.25) is 5.82 Å². The molecule has 80 valence electrons. The van der Waals surface area contributed by atoms with Gasteiger partial charge in [-0.2, -0.15) is 21.3 Å². The van der Waals surface area contributed by atoms with E-state index in [9.17, 15) is 0 Å². The topological polar surface area (TPSA) is 77.8 Å². The number of rotatable bonds is 2. The first kappa shape index (κ1) is 9.22. The predicted molar refractivity (Wildman–Crippen MR) is 55.6 cm³/mol. The minimum absolute atomic E-state index is 0.238. The zero-order valence-corrected chi connectivity index (χ0v) is 9.06. The molecule has 0 unspecified atom stereocenters. The number of aromatic nitrogens is 4. The normalized spacial score (nSPS) is 10.8. The highest BCUT2D eigenvalue weighted by Gasteiger charge is 2.15. The van der Waals surface area contributed by atoms with Crippen molar-refractivity contribution in [3.63, 3.8) is 0 Å². The molecule has 16 heavy (non-hydrogen) atoms. The van der Waals surface area contributed by atoms with E-state index in [0.717, 1.165) is 5.56 Å². The molecule has 0 aliphatic heterocycles. The Hall–Kier alpha value is -2.02. The number of nitrogens with zero attached hydrogens (tertiary/aromatic N) is 4. The molecule has 0 aromatic carbocycles. The second kappa shape index (κ2) is 3.53. The van der Waals surface area contributed by atoms with E-state index >= 15 is 0 Å². The summed E-state index contributed by atoms with van der Waals surface area (Å²) in [6, 6.07) is 1.92. The van der Waals surface area contributed by atoms with Crippen molar-refractivity contribution in [2.24, 2.45) is 0 Å². The SMILES string of the molecule is Cc1noc(-c2nc(-c3ccsc3)no2)n1. The van der Waals surface area contributed by atoms with Crippen LogP contribution >= 0.6 is 11.3 Å². The van der Waals surface area contributed by atoms with Gasteiger partial charge in [-0.25, -0.2) is 0 Å². The number of thiophene rings is 1. The van der Waals surface area contributed by atoms with Crippen LogP contribution < -0.4 is 0 Å². The van der Waals surface area contributed by atoms with Gasteiger partial charge >= 0.3 is 11.8 Å². The van der Waals surface area contributed by atoms with Gasteiger partial charge in [-0.3, -0.25) is 0 Å². The molecule has 0 aliphatic rings. The van der Waals surface area contributed by atoms with Crippen molar-refractivity contribution in [3.8, 4) is 23.2 Å². The van der Waals surface area contributed by atoms with E-state index in [4.69, 9.17) is 9.05 Å². The molecule has 0 radical (unpaired) electrons. The van der Waals surface area contributed by atoms with E-state index < -0.39 is 0 Å². The zero-order valence-electron chi connectivity index (χ0n) is 8.25. The van der Waals surface area contributed by atoms with Crippen molar-refractivity contribution >= 4 is 11.3 Å². The van der Waals surface area contributed by atoms with Crippen molar-refractivity contribution in [1.82, 2.24) is 20.3 Å². The molecule has 3 aromatic rings. The van der Waals surface area contributed by atoms with Gasteiger partial charge in [-0.05, 0) is 18.4 Å². The Balaban J connectivity index is 2.00. The minimum Gasteiger partial charge on any atom is -0.329 e. The van der Waals surface area contributed by atoms with Gasteiger partial charge in [-0.15, -0.1) is 0 Å². The van der Waals surface area contributed by atoms with E-state index in [-0.39, 0.29) is 11.8 Å².